The molecule has 5 nitrogen and oxygen atoms in total. The zero-order valence-electron chi connectivity index (χ0n) is 13.6. The quantitative estimate of drug-likeness (QED) is 0.378. The van der Waals surface area contributed by atoms with Crippen molar-refractivity contribution in [2.45, 2.75) is 71.4 Å². The summed E-state index contributed by atoms with van der Waals surface area (Å²) in [7, 11) is -5.52. The van der Waals surface area contributed by atoms with Gasteiger partial charge in [0, 0.05) is 13.9 Å². The van der Waals surface area contributed by atoms with Crippen LogP contribution in [0, 0.1) is 0 Å². The van der Waals surface area contributed by atoms with Crippen LogP contribution in [-0.4, -0.2) is 52.4 Å². The van der Waals surface area contributed by atoms with Gasteiger partial charge in [0.25, 0.3) is 0 Å². The Labute approximate surface area is 125 Å². The first kappa shape index (κ1) is 22.5. The van der Waals surface area contributed by atoms with E-state index in [2.05, 4.69) is 41.5 Å². The molecule has 0 saturated carbocycles. The fourth-order valence-electron chi connectivity index (χ4n) is 3.06. The molecule has 0 unspecified atom stereocenters. The summed E-state index contributed by atoms with van der Waals surface area (Å²) >= 11 is 0. The molecule has 0 aromatic heterocycles. The zero-order valence-corrected chi connectivity index (χ0v) is 15.3. The van der Waals surface area contributed by atoms with Crippen molar-refractivity contribution in [3.05, 3.63) is 0 Å². The molecule has 3 N–H and O–H groups in total. The molecule has 0 aromatic carbocycles. The molecule has 0 radical (unpaired) electrons. The Balaban J connectivity index is 0. The topological polar surface area (TPSA) is 94.8 Å². The summed E-state index contributed by atoms with van der Waals surface area (Å²) in [6.07, 6.45) is 3.55. The molecular weight excluding hydrogens is 299 g/mol. The van der Waals surface area contributed by atoms with Crippen molar-refractivity contribution in [2.24, 2.45) is 0 Å². The molecule has 0 amide bonds. The van der Waals surface area contributed by atoms with Crippen molar-refractivity contribution in [1.29, 1.82) is 0 Å². The lowest BCUT2D eigenvalue weighted by Gasteiger charge is -2.38. The molecule has 0 spiro atoms. The van der Waals surface area contributed by atoms with E-state index in [4.69, 9.17) is 22.6 Å². The number of aliphatic hydroxyl groups excluding tert-OH is 1. The van der Waals surface area contributed by atoms with Crippen LogP contribution in [0.2, 0.25) is 0 Å². The molecule has 0 saturated heterocycles. The fourth-order valence-corrected chi connectivity index (χ4v) is 8.96. The van der Waals surface area contributed by atoms with E-state index in [9.17, 15) is 0 Å². The van der Waals surface area contributed by atoms with Gasteiger partial charge in [0.1, 0.15) is 0 Å². The van der Waals surface area contributed by atoms with Crippen LogP contribution >= 0.6 is 7.26 Å². The molecule has 0 aliphatic carbocycles. The van der Waals surface area contributed by atoms with Crippen molar-refractivity contribution in [2.75, 3.05) is 12.8 Å². The summed E-state index contributed by atoms with van der Waals surface area (Å²) in [6, 6.07) is 0. The van der Waals surface area contributed by atoms with Crippen LogP contribution in [0.25, 0.3) is 0 Å². The Kier molecular flexibility index (Phi) is 11.3. The van der Waals surface area contributed by atoms with Gasteiger partial charge < -0.3 is 5.11 Å². The molecule has 0 bridgehead atoms. The van der Waals surface area contributed by atoms with Crippen molar-refractivity contribution in [3.63, 3.8) is 0 Å². The number of unbranched alkanes of at least 4 members (excludes halogenated alkanes) is 1. The third-order valence-electron chi connectivity index (χ3n) is 3.84. The predicted molar refractivity (Wildman–Crippen MR) is 87.7 cm³/mol. The number of rotatable bonds is 7. The number of aliphatic hydroxyl groups is 1. The van der Waals surface area contributed by atoms with Crippen LogP contribution in [0.4, 0.5) is 0 Å². The Bertz CT molecular complexity index is 309. The molecule has 0 fully saturated rings. The predicted octanol–water partition coefficient (Wildman–Crippen LogP) is 3.35. The van der Waals surface area contributed by atoms with Crippen molar-refractivity contribution in [3.8, 4) is 0 Å². The molecule has 0 aliphatic heterocycles. The lowest BCUT2D eigenvalue weighted by molar-refractivity contribution is 0.287. The van der Waals surface area contributed by atoms with Crippen LogP contribution in [0.5, 0.6) is 0 Å². The highest BCUT2D eigenvalue weighted by Gasteiger charge is 2.46. The maximum Gasteiger partial charge on any atom is 0.394 e. The molecule has 124 valence electrons. The minimum atomic E-state index is -4.67. The second-order valence-corrected chi connectivity index (χ2v) is 12.3. The van der Waals surface area contributed by atoms with Gasteiger partial charge in [-0.05, 0) is 54.4 Å². The fraction of sp³-hybridized carbons (Fsp3) is 1.00. The van der Waals surface area contributed by atoms with Gasteiger partial charge in [0.05, 0.1) is 23.1 Å². The maximum absolute atomic E-state index is 8.89. The largest absolute Gasteiger partial charge is 0.396 e. The summed E-state index contributed by atoms with van der Waals surface area (Å²) in [5.74, 6) is 0. The molecule has 0 rings (SSSR count). The summed E-state index contributed by atoms with van der Waals surface area (Å²) in [5.41, 5.74) is 2.49. The highest BCUT2D eigenvalue weighted by atomic mass is 32.3. The van der Waals surface area contributed by atoms with E-state index in [-0.39, 0.29) is 0 Å². The van der Waals surface area contributed by atoms with Crippen LogP contribution < -0.4 is 0 Å². The normalized spacial score (nSPS) is 12.8. The van der Waals surface area contributed by atoms with E-state index in [0.29, 0.717) is 6.61 Å². The van der Waals surface area contributed by atoms with Crippen LogP contribution in [-0.2, 0) is 10.4 Å². The Morgan fingerprint density at radius 3 is 1.35 bits per heavy atom. The first-order chi connectivity index (χ1) is 8.89. The molecule has 7 heteroatoms. The number of hydrogen-bond donors (Lipinski definition) is 3. The van der Waals surface area contributed by atoms with E-state index in [1.807, 2.05) is 0 Å². The third kappa shape index (κ3) is 9.24. The average molecular weight is 331 g/mol. The van der Waals surface area contributed by atoms with Gasteiger partial charge in [0.2, 0.25) is 0 Å². The molecule has 0 atom stereocenters. The highest BCUT2D eigenvalue weighted by Crippen LogP contribution is 2.70. The van der Waals surface area contributed by atoms with Gasteiger partial charge in [0.15, 0.2) is 0 Å². The van der Waals surface area contributed by atoms with Crippen molar-refractivity contribution in [1.82, 2.24) is 0 Å². The van der Waals surface area contributed by atoms with Crippen LogP contribution in [0.15, 0.2) is 0 Å². The second kappa shape index (κ2) is 10.1. The number of hydrogen-bond acceptors (Lipinski definition) is 3. The molecule has 0 heterocycles. The van der Waals surface area contributed by atoms with Gasteiger partial charge in [-0.2, -0.15) is 8.42 Å². The lowest BCUT2D eigenvalue weighted by atomic mass is 10.4. The van der Waals surface area contributed by atoms with Gasteiger partial charge in [-0.1, -0.05) is 0 Å². The van der Waals surface area contributed by atoms with Crippen molar-refractivity contribution < 1.29 is 22.6 Å². The van der Waals surface area contributed by atoms with Gasteiger partial charge in [-0.25, -0.2) is 0 Å². The Hall–Kier alpha value is 0.260. The Morgan fingerprint density at radius 2 is 1.15 bits per heavy atom. The monoisotopic (exact) mass is 331 g/mol. The van der Waals surface area contributed by atoms with E-state index in [1.54, 1.807) is 0 Å². The van der Waals surface area contributed by atoms with E-state index < -0.39 is 17.7 Å². The van der Waals surface area contributed by atoms with E-state index >= 15 is 0 Å². The molecule has 20 heavy (non-hydrogen) atoms. The lowest BCUT2D eigenvalue weighted by Crippen LogP contribution is -2.26. The molecular formula is C13H32O5PS+. The summed E-state index contributed by atoms with van der Waals surface area (Å²) in [5, 5.41) is 8.89. The van der Waals surface area contributed by atoms with Crippen molar-refractivity contribution >= 4 is 17.7 Å². The SMILES string of the molecule is CC(C)[P+](CCCCO)(C(C)C)C(C)C.O=S(=O)(O)O. The second-order valence-electron chi connectivity index (χ2n) is 5.88. The first-order valence-electron chi connectivity index (χ1n) is 7.07. The zero-order chi connectivity index (χ0) is 16.6. The molecule has 0 aromatic rings. The van der Waals surface area contributed by atoms with Gasteiger partial charge >= 0.3 is 10.4 Å². The van der Waals surface area contributed by atoms with Crippen LogP contribution in [0.1, 0.15) is 54.4 Å². The first-order valence-corrected chi connectivity index (χ1v) is 10.6. The van der Waals surface area contributed by atoms with Gasteiger partial charge in [-0.3, -0.25) is 9.11 Å². The average Bonchev–Trinajstić information content (AvgIpc) is 2.20. The summed E-state index contributed by atoms with van der Waals surface area (Å²) in [6.45, 7) is 14.7. The molecule has 0 aliphatic rings. The van der Waals surface area contributed by atoms with Crippen LogP contribution in [0.3, 0.4) is 0 Å². The third-order valence-corrected chi connectivity index (χ3v) is 10.7. The summed E-state index contributed by atoms with van der Waals surface area (Å²) in [4.78, 5) is 0. The standard InChI is InChI=1S/C13H30OP.H2O4S/c1-11(2)15(12(3)4,13(5)6)10-8-7-9-14;1-5(2,3)4/h11-14H,7-10H2,1-6H3;(H2,1,2,3,4)/q+1;. The Morgan fingerprint density at radius 1 is 0.850 bits per heavy atom. The minimum absolute atomic E-state index is 0.355. The van der Waals surface area contributed by atoms with E-state index in [0.717, 1.165) is 23.4 Å². The smallest absolute Gasteiger partial charge is 0.394 e. The van der Waals surface area contributed by atoms with Gasteiger partial charge in [-0.15, -0.1) is 0 Å². The van der Waals surface area contributed by atoms with E-state index in [1.165, 1.54) is 12.6 Å². The highest BCUT2D eigenvalue weighted by molar-refractivity contribution is 7.79. The summed E-state index contributed by atoms with van der Waals surface area (Å²) < 4.78 is 31.6. The maximum atomic E-state index is 8.89. The minimum Gasteiger partial charge on any atom is -0.396 e.